The first kappa shape index (κ1) is 16.7. The van der Waals surface area contributed by atoms with E-state index in [9.17, 15) is 21.6 Å². The van der Waals surface area contributed by atoms with E-state index in [1.54, 1.807) is 6.07 Å². The SMILES string of the molecule is CCN(CC(F)(F)F)S(=O)(=O)c1ccc(CNC2CC2)s1. The van der Waals surface area contributed by atoms with Crippen molar-refractivity contribution in [3.05, 3.63) is 17.0 Å². The Morgan fingerprint density at radius 1 is 1.38 bits per heavy atom. The second-order valence-corrected chi connectivity index (χ2v) is 8.26. The fourth-order valence-corrected chi connectivity index (χ4v) is 4.71. The summed E-state index contributed by atoms with van der Waals surface area (Å²) in [6.07, 6.45) is -2.31. The maximum absolute atomic E-state index is 12.4. The molecule has 1 aliphatic carbocycles. The summed E-state index contributed by atoms with van der Waals surface area (Å²) in [7, 11) is -4.08. The second-order valence-electron chi connectivity index (χ2n) is 4.92. The number of sulfonamides is 1. The van der Waals surface area contributed by atoms with Crippen LogP contribution in [0.25, 0.3) is 0 Å². The zero-order valence-electron chi connectivity index (χ0n) is 11.5. The van der Waals surface area contributed by atoms with E-state index in [0.717, 1.165) is 29.1 Å². The molecule has 0 saturated heterocycles. The quantitative estimate of drug-likeness (QED) is 0.829. The summed E-state index contributed by atoms with van der Waals surface area (Å²) in [5, 5.41) is 3.24. The Labute approximate surface area is 126 Å². The fraction of sp³-hybridized carbons (Fsp3) is 0.667. The lowest BCUT2D eigenvalue weighted by atomic mass is 10.4. The van der Waals surface area contributed by atoms with Gasteiger partial charge in [-0.25, -0.2) is 8.42 Å². The highest BCUT2D eigenvalue weighted by Gasteiger charge is 2.36. The van der Waals surface area contributed by atoms with Crippen molar-refractivity contribution in [1.82, 2.24) is 9.62 Å². The van der Waals surface area contributed by atoms with Crippen LogP contribution in [0, 0.1) is 0 Å². The van der Waals surface area contributed by atoms with Crippen molar-refractivity contribution in [2.75, 3.05) is 13.1 Å². The Morgan fingerprint density at radius 2 is 2.05 bits per heavy atom. The van der Waals surface area contributed by atoms with Gasteiger partial charge >= 0.3 is 6.18 Å². The zero-order chi connectivity index (χ0) is 15.7. The highest BCUT2D eigenvalue weighted by atomic mass is 32.2. The number of nitrogens with zero attached hydrogens (tertiary/aromatic N) is 1. The molecular weight excluding hydrogens is 325 g/mol. The van der Waals surface area contributed by atoms with Gasteiger partial charge in [0.05, 0.1) is 0 Å². The van der Waals surface area contributed by atoms with Crippen molar-refractivity contribution in [3.63, 3.8) is 0 Å². The molecule has 1 aromatic heterocycles. The average molecular weight is 342 g/mol. The number of hydrogen-bond acceptors (Lipinski definition) is 4. The Hall–Kier alpha value is -0.640. The van der Waals surface area contributed by atoms with E-state index in [1.165, 1.54) is 13.0 Å². The summed E-state index contributed by atoms with van der Waals surface area (Å²) in [5.74, 6) is 0. The van der Waals surface area contributed by atoms with Crippen LogP contribution in [0.1, 0.15) is 24.6 Å². The number of nitrogens with one attached hydrogen (secondary N) is 1. The maximum atomic E-state index is 12.4. The molecule has 0 bridgehead atoms. The first-order valence-corrected chi connectivity index (χ1v) is 8.87. The van der Waals surface area contributed by atoms with E-state index in [1.807, 2.05) is 0 Å². The van der Waals surface area contributed by atoms with E-state index in [-0.39, 0.29) is 10.8 Å². The van der Waals surface area contributed by atoms with Crippen molar-refractivity contribution in [2.45, 2.75) is 42.7 Å². The smallest absolute Gasteiger partial charge is 0.309 e. The second kappa shape index (κ2) is 6.23. The van der Waals surface area contributed by atoms with Crippen LogP contribution in [-0.2, 0) is 16.6 Å². The fourth-order valence-electron chi connectivity index (χ4n) is 1.82. The minimum absolute atomic E-state index is 0.0406. The molecular formula is C12H17F3N2O2S2. The van der Waals surface area contributed by atoms with Crippen LogP contribution in [0.2, 0.25) is 0 Å². The summed E-state index contributed by atoms with van der Waals surface area (Å²) in [4.78, 5) is 0.809. The highest BCUT2D eigenvalue weighted by Crippen LogP contribution is 2.28. The summed E-state index contributed by atoms with van der Waals surface area (Å²) in [6, 6.07) is 3.52. The Bertz CT molecular complexity index is 580. The first-order valence-electron chi connectivity index (χ1n) is 6.61. The van der Waals surface area contributed by atoms with Gasteiger partial charge in [0.1, 0.15) is 10.8 Å². The van der Waals surface area contributed by atoms with Crippen LogP contribution in [0.15, 0.2) is 16.3 Å². The molecule has 1 aliphatic rings. The molecule has 1 N–H and O–H groups in total. The molecule has 1 saturated carbocycles. The Morgan fingerprint density at radius 3 is 2.57 bits per heavy atom. The van der Waals surface area contributed by atoms with Gasteiger partial charge in [-0.3, -0.25) is 0 Å². The van der Waals surface area contributed by atoms with Crippen molar-refractivity contribution >= 4 is 21.4 Å². The minimum Gasteiger partial charge on any atom is -0.309 e. The molecule has 120 valence electrons. The van der Waals surface area contributed by atoms with Crippen LogP contribution in [-0.4, -0.2) is 38.0 Å². The van der Waals surface area contributed by atoms with Crippen LogP contribution in [0.3, 0.4) is 0 Å². The Kier molecular flexibility index (Phi) is 4.96. The van der Waals surface area contributed by atoms with Gasteiger partial charge in [-0.05, 0) is 25.0 Å². The van der Waals surface area contributed by atoms with Crippen molar-refractivity contribution in [1.29, 1.82) is 0 Å². The number of alkyl halides is 3. The third-order valence-electron chi connectivity index (χ3n) is 3.08. The molecule has 0 aliphatic heterocycles. The molecule has 4 nitrogen and oxygen atoms in total. The molecule has 1 aromatic rings. The first-order chi connectivity index (χ1) is 9.72. The molecule has 1 heterocycles. The minimum atomic E-state index is -4.54. The van der Waals surface area contributed by atoms with Crippen molar-refractivity contribution < 1.29 is 21.6 Å². The van der Waals surface area contributed by atoms with Crippen molar-refractivity contribution in [3.8, 4) is 0 Å². The lowest BCUT2D eigenvalue weighted by Crippen LogP contribution is -2.38. The zero-order valence-corrected chi connectivity index (χ0v) is 13.1. The topological polar surface area (TPSA) is 49.4 Å². The third kappa shape index (κ3) is 4.67. The van der Waals surface area contributed by atoms with Gasteiger partial charge in [-0.1, -0.05) is 6.92 Å². The predicted octanol–water partition coefficient (Wildman–Crippen LogP) is 2.57. The maximum Gasteiger partial charge on any atom is 0.402 e. The number of rotatable bonds is 7. The Balaban J connectivity index is 2.09. The van der Waals surface area contributed by atoms with E-state index >= 15 is 0 Å². The third-order valence-corrected chi connectivity index (χ3v) is 6.56. The molecule has 1 fully saturated rings. The molecule has 2 rings (SSSR count). The van der Waals surface area contributed by atoms with Crippen LogP contribution in [0.4, 0.5) is 13.2 Å². The average Bonchev–Trinajstić information content (AvgIpc) is 3.08. The number of halogens is 3. The van der Waals surface area contributed by atoms with E-state index in [0.29, 0.717) is 16.9 Å². The van der Waals surface area contributed by atoms with Crippen LogP contribution >= 0.6 is 11.3 Å². The van der Waals surface area contributed by atoms with Gasteiger partial charge in [0, 0.05) is 24.0 Å². The van der Waals surface area contributed by atoms with Gasteiger partial charge in [-0.15, -0.1) is 11.3 Å². The molecule has 21 heavy (non-hydrogen) atoms. The highest BCUT2D eigenvalue weighted by molar-refractivity contribution is 7.91. The molecule has 0 spiro atoms. The molecule has 0 atom stereocenters. The van der Waals surface area contributed by atoms with E-state index in [4.69, 9.17) is 0 Å². The summed E-state index contributed by atoms with van der Waals surface area (Å²) in [5.41, 5.74) is 0. The largest absolute Gasteiger partial charge is 0.402 e. The van der Waals surface area contributed by atoms with Crippen molar-refractivity contribution in [2.24, 2.45) is 0 Å². The van der Waals surface area contributed by atoms with Crippen LogP contribution in [0.5, 0.6) is 0 Å². The van der Waals surface area contributed by atoms with Gasteiger partial charge in [0.25, 0.3) is 10.0 Å². The van der Waals surface area contributed by atoms with Gasteiger partial charge in [0.15, 0.2) is 0 Å². The summed E-state index contributed by atoms with van der Waals surface area (Å²) >= 11 is 1.02. The lowest BCUT2D eigenvalue weighted by Gasteiger charge is -2.20. The number of hydrogen-bond donors (Lipinski definition) is 1. The summed E-state index contributed by atoms with van der Waals surface area (Å²) < 4.78 is 62.2. The van der Waals surface area contributed by atoms with Crippen LogP contribution < -0.4 is 5.32 Å². The molecule has 9 heteroatoms. The normalized spacial score (nSPS) is 16.6. The predicted molar refractivity (Wildman–Crippen MR) is 74.7 cm³/mol. The summed E-state index contributed by atoms with van der Waals surface area (Å²) in [6.45, 7) is 0.275. The van der Waals surface area contributed by atoms with E-state index < -0.39 is 22.7 Å². The lowest BCUT2D eigenvalue weighted by molar-refractivity contribution is -0.135. The van der Waals surface area contributed by atoms with Gasteiger partial charge in [-0.2, -0.15) is 17.5 Å². The number of thiophene rings is 1. The van der Waals surface area contributed by atoms with Gasteiger partial charge in [0.2, 0.25) is 0 Å². The molecule has 0 amide bonds. The molecule has 0 unspecified atom stereocenters. The van der Waals surface area contributed by atoms with Gasteiger partial charge < -0.3 is 5.32 Å². The monoisotopic (exact) mass is 342 g/mol. The molecule has 0 aromatic carbocycles. The van der Waals surface area contributed by atoms with E-state index in [2.05, 4.69) is 5.32 Å². The molecule has 0 radical (unpaired) electrons. The standard InChI is InChI=1S/C12H17F3N2O2S2/c1-2-17(8-12(13,14)15)21(18,19)11-6-5-10(20-11)7-16-9-3-4-9/h5-6,9,16H,2-4,7-8H2,1H3.